The molecule has 0 radical (unpaired) electrons. The fourth-order valence-corrected chi connectivity index (χ4v) is 3.96. The van der Waals surface area contributed by atoms with Crippen molar-refractivity contribution in [1.29, 1.82) is 0 Å². The van der Waals surface area contributed by atoms with Gasteiger partial charge in [-0.2, -0.15) is 0 Å². The summed E-state index contributed by atoms with van der Waals surface area (Å²) < 4.78 is 4.25. The maximum absolute atomic E-state index is 11.7. The fourth-order valence-electron chi connectivity index (χ4n) is 3.96. The van der Waals surface area contributed by atoms with Crippen molar-refractivity contribution < 1.29 is 14.3 Å². The minimum Gasteiger partial charge on any atom is -0.388 e. The molecule has 2 saturated carbocycles. The average molecular weight is 236 g/mol. The van der Waals surface area contributed by atoms with Crippen molar-refractivity contribution in [2.75, 3.05) is 14.2 Å². The molecule has 2 fully saturated rings. The van der Waals surface area contributed by atoms with Gasteiger partial charge in [0.25, 0.3) is 0 Å². The average Bonchev–Trinajstić information content (AvgIpc) is 2.57. The molecule has 94 valence electrons. The van der Waals surface area contributed by atoms with Gasteiger partial charge in [0, 0.05) is 26.1 Å². The number of methoxy groups -OCH3 is 1. The highest BCUT2D eigenvalue weighted by Crippen LogP contribution is 2.65. The molecule has 0 spiro atoms. The second kappa shape index (κ2) is 4.37. The molecule has 4 atom stereocenters. The molecule has 0 amide bonds. The third kappa shape index (κ3) is 1.68. The van der Waals surface area contributed by atoms with Crippen molar-refractivity contribution >= 4 is 11.6 Å². The zero-order chi connectivity index (χ0) is 12.6. The van der Waals surface area contributed by atoms with Crippen LogP contribution in [0.15, 0.2) is 12.2 Å². The number of allylic oxidation sites excluding steroid dienone is 2. The molecule has 3 aliphatic carbocycles. The zero-order valence-corrected chi connectivity index (χ0v) is 10.7. The summed E-state index contributed by atoms with van der Waals surface area (Å²) in [5.74, 6) is 0.940. The van der Waals surface area contributed by atoms with Crippen molar-refractivity contribution in [2.45, 2.75) is 26.2 Å². The van der Waals surface area contributed by atoms with Crippen LogP contribution in [-0.2, 0) is 14.3 Å². The van der Waals surface area contributed by atoms with Gasteiger partial charge in [0.15, 0.2) is 11.6 Å². The number of carbonyl (C=O) groups excluding carboxylic acids is 2. The predicted octanol–water partition coefficient (Wildman–Crippen LogP) is 2.01. The number of hydrogen-bond donors (Lipinski definition) is 0. The number of fused-ring (bicyclic) bond motifs is 4. The lowest BCUT2D eigenvalue weighted by molar-refractivity contribution is -0.158. The Morgan fingerprint density at radius 1 is 1.24 bits per heavy atom. The molecular formula is C14H20O3. The first-order valence-electron chi connectivity index (χ1n) is 6.22. The summed E-state index contributed by atoms with van der Waals surface area (Å²) >= 11 is 0. The van der Waals surface area contributed by atoms with E-state index in [1.807, 2.05) is 0 Å². The summed E-state index contributed by atoms with van der Waals surface area (Å²) in [7, 11) is 3.25. The van der Waals surface area contributed by atoms with E-state index in [4.69, 9.17) is 0 Å². The maximum Gasteiger partial charge on any atom is 0.160 e. The van der Waals surface area contributed by atoms with Crippen LogP contribution in [0.2, 0.25) is 0 Å². The first-order valence-corrected chi connectivity index (χ1v) is 6.22. The van der Waals surface area contributed by atoms with E-state index in [0.717, 1.165) is 12.8 Å². The van der Waals surface area contributed by atoms with Gasteiger partial charge in [-0.15, -0.1) is 0 Å². The van der Waals surface area contributed by atoms with E-state index >= 15 is 0 Å². The lowest BCUT2D eigenvalue weighted by Crippen LogP contribution is -2.59. The van der Waals surface area contributed by atoms with Crippen LogP contribution >= 0.6 is 0 Å². The molecule has 0 bridgehead atoms. The van der Waals surface area contributed by atoms with Gasteiger partial charge >= 0.3 is 0 Å². The van der Waals surface area contributed by atoms with Crippen molar-refractivity contribution in [3.8, 4) is 0 Å². The van der Waals surface area contributed by atoms with Crippen LogP contribution in [0, 0.1) is 23.2 Å². The summed E-state index contributed by atoms with van der Waals surface area (Å²) in [6.45, 7) is 2.19. The Morgan fingerprint density at radius 3 is 2.47 bits per heavy atom. The highest BCUT2D eigenvalue weighted by Gasteiger charge is 2.65. The summed E-state index contributed by atoms with van der Waals surface area (Å²) in [5.41, 5.74) is 0.155. The smallest absolute Gasteiger partial charge is 0.160 e. The molecule has 3 heteroatoms. The molecule has 3 nitrogen and oxygen atoms in total. The largest absolute Gasteiger partial charge is 0.388 e. The van der Waals surface area contributed by atoms with Gasteiger partial charge in [0.05, 0.1) is 0 Å². The van der Waals surface area contributed by atoms with E-state index in [2.05, 4.69) is 11.7 Å². The topological polar surface area (TPSA) is 43.4 Å². The normalized spacial score (nSPS) is 42.2. The Kier molecular flexibility index (Phi) is 3.21. The van der Waals surface area contributed by atoms with Crippen LogP contribution in [0.25, 0.3) is 0 Å². The third-order valence-corrected chi connectivity index (χ3v) is 4.63. The van der Waals surface area contributed by atoms with Gasteiger partial charge in [0.1, 0.15) is 0 Å². The summed E-state index contributed by atoms with van der Waals surface area (Å²) in [5, 5.41) is 0. The predicted molar refractivity (Wildman–Crippen MR) is 64.5 cm³/mol. The lowest BCUT2D eigenvalue weighted by Gasteiger charge is -2.56. The van der Waals surface area contributed by atoms with Gasteiger partial charge in [-0.05, 0) is 36.3 Å². The minimum atomic E-state index is 0.0208. The monoisotopic (exact) mass is 236 g/mol. The first-order chi connectivity index (χ1) is 8.06. The quantitative estimate of drug-likeness (QED) is 0.646. The van der Waals surface area contributed by atoms with E-state index in [1.165, 1.54) is 18.6 Å². The van der Waals surface area contributed by atoms with E-state index in [0.29, 0.717) is 5.92 Å². The molecule has 0 aromatic rings. The SMILES string of the molecule is CC12CCCC1C1C(=O)C=CC(=O)C12.COC. The second-order valence-electron chi connectivity index (χ2n) is 5.55. The molecule has 0 aromatic heterocycles. The minimum absolute atomic E-state index is 0.0208. The molecule has 4 unspecified atom stereocenters. The van der Waals surface area contributed by atoms with Crippen LogP contribution in [-0.4, -0.2) is 25.8 Å². The third-order valence-electron chi connectivity index (χ3n) is 4.63. The maximum atomic E-state index is 11.7. The second-order valence-corrected chi connectivity index (χ2v) is 5.55. The number of carbonyl (C=O) groups is 2. The first kappa shape index (κ1) is 12.5. The molecule has 3 rings (SSSR count). The van der Waals surface area contributed by atoms with Crippen molar-refractivity contribution in [2.24, 2.45) is 23.2 Å². The van der Waals surface area contributed by atoms with Crippen LogP contribution < -0.4 is 0 Å². The number of rotatable bonds is 0. The zero-order valence-electron chi connectivity index (χ0n) is 10.7. The van der Waals surface area contributed by atoms with E-state index in [1.54, 1.807) is 14.2 Å². The van der Waals surface area contributed by atoms with Crippen LogP contribution in [0.1, 0.15) is 26.2 Å². The summed E-state index contributed by atoms with van der Waals surface area (Å²) in [4.78, 5) is 23.4. The van der Waals surface area contributed by atoms with Gasteiger partial charge in [-0.3, -0.25) is 9.59 Å². The summed E-state index contributed by atoms with van der Waals surface area (Å²) in [6.07, 6.45) is 6.44. The Labute approximate surface area is 102 Å². The number of ether oxygens (including phenoxy) is 1. The molecule has 0 saturated heterocycles. The van der Waals surface area contributed by atoms with Crippen LogP contribution in [0.4, 0.5) is 0 Å². The molecule has 0 heterocycles. The molecule has 17 heavy (non-hydrogen) atoms. The molecule has 0 aliphatic heterocycles. The van der Waals surface area contributed by atoms with Crippen LogP contribution in [0.3, 0.4) is 0 Å². The molecule has 3 aliphatic rings. The summed E-state index contributed by atoms with van der Waals surface area (Å²) in [6, 6.07) is 0. The van der Waals surface area contributed by atoms with Crippen molar-refractivity contribution in [1.82, 2.24) is 0 Å². The van der Waals surface area contributed by atoms with E-state index in [9.17, 15) is 9.59 Å². The fraction of sp³-hybridized carbons (Fsp3) is 0.714. The van der Waals surface area contributed by atoms with Gasteiger partial charge < -0.3 is 4.74 Å². The van der Waals surface area contributed by atoms with Gasteiger partial charge in [-0.1, -0.05) is 13.3 Å². The molecule has 0 aromatic carbocycles. The highest BCUT2D eigenvalue weighted by molar-refractivity contribution is 6.09. The van der Waals surface area contributed by atoms with Crippen molar-refractivity contribution in [3.63, 3.8) is 0 Å². The van der Waals surface area contributed by atoms with Crippen LogP contribution in [0.5, 0.6) is 0 Å². The Bertz CT molecular complexity index is 372. The Balaban J connectivity index is 0.000000329. The van der Waals surface area contributed by atoms with Gasteiger partial charge in [-0.25, -0.2) is 0 Å². The standard InChI is InChI=1S/C12H14O2.C2H6O/c1-12-6-2-3-7(12)10-8(13)4-5-9(14)11(10)12;1-3-2/h4-5,7,10-11H,2-3,6H2,1H3;1-2H3. The van der Waals surface area contributed by atoms with Gasteiger partial charge in [0.2, 0.25) is 0 Å². The number of hydrogen-bond acceptors (Lipinski definition) is 3. The Hall–Kier alpha value is -0.960. The lowest BCUT2D eigenvalue weighted by atomic mass is 9.45. The van der Waals surface area contributed by atoms with Crippen molar-refractivity contribution in [3.05, 3.63) is 12.2 Å². The molecular weight excluding hydrogens is 216 g/mol. The Morgan fingerprint density at radius 2 is 1.82 bits per heavy atom. The van der Waals surface area contributed by atoms with E-state index in [-0.39, 0.29) is 28.8 Å². The highest BCUT2D eigenvalue weighted by atomic mass is 16.4. The molecule has 0 N–H and O–H groups in total. The number of ketones is 2. The van der Waals surface area contributed by atoms with E-state index < -0.39 is 0 Å².